The van der Waals surface area contributed by atoms with E-state index in [-0.39, 0.29) is 12.1 Å². The zero-order valence-electron chi connectivity index (χ0n) is 12.9. The van der Waals surface area contributed by atoms with Crippen molar-refractivity contribution in [1.82, 2.24) is 4.98 Å². The molecule has 6 nitrogen and oxygen atoms in total. The highest BCUT2D eigenvalue weighted by atomic mass is 16.6. The van der Waals surface area contributed by atoms with Gasteiger partial charge in [0.1, 0.15) is 0 Å². The van der Waals surface area contributed by atoms with Gasteiger partial charge in [0, 0.05) is 23.7 Å². The molecule has 0 saturated heterocycles. The molecule has 6 heteroatoms. The fourth-order valence-electron chi connectivity index (χ4n) is 2.81. The van der Waals surface area contributed by atoms with E-state index in [0.29, 0.717) is 24.4 Å². The third-order valence-corrected chi connectivity index (χ3v) is 3.70. The second-order valence-electron chi connectivity index (χ2n) is 5.13. The minimum absolute atomic E-state index is 0.0920. The van der Waals surface area contributed by atoms with E-state index in [1.165, 1.54) is 0 Å². The minimum Gasteiger partial charge on any atom is -0.449 e. The summed E-state index contributed by atoms with van der Waals surface area (Å²) in [6, 6.07) is 1.75. The Bertz CT molecular complexity index is 584. The van der Waals surface area contributed by atoms with Crippen LogP contribution in [0.4, 0.5) is 10.5 Å². The highest BCUT2D eigenvalue weighted by Crippen LogP contribution is 2.35. The summed E-state index contributed by atoms with van der Waals surface area (Å²) >= 11 is 0. The predicted octanol–water partition coefficient (Wildman–Crippen LogP) is 3.02. The lowest BCUT2D eigenvalue weighted by molar-refractivity contribution is 0.156. The van der Waals surface area contributed by atoms with E-state index >= 15 is 0 Å². The van der Waals surface area contributed by atoms with Crippen molar-refractivity contribution in [3.8, 4) is 0 Å². The van der Waals surface area contributed by atoms with Crippen molar-refractivity contribution in [2.45, 2.75) is 46.6 Å². The van der Waals surface area contributed by atoms with E-state index in [1.54, 1.807) is 11.8 Å². The molecular formula is C15H21N3O3. The van der Waals surface area contributed by atoms with Crippen LogP contribution in [0, 0.1) is 13.8 Å². The standard InChI is InChI=1S/C15H21N3O3/c1-5-11-8-13(17-20)12-7-9(3)16-10(4)14(12)18(11)15(19)21-6-2/h7,11,20H,5-6,8H2,1-4H3. The Hall–Kier alpha value is -2.11. The number of pyridine rings is 1. The number of fused-ring (bicyclic) bond motifs is 1. The van der Waals surface area contributed by atoms with E-state index in [4.69, 9.17) is 4.74 Å². The molecule has 1 atom stereocenters. The number of nitrogens with zero attached hydrogens (tertiary/aromatic N) is 3. The van der Waals surface area contributed by atoms with Gasteiger partial charge in [-0.25, -0.2) is 4.79 Å². The van der Waals surface area contributed by atoms with Crippen molar-refractivity contribution in [3.05, 3.63) is 23.0 Å². The van der Waals surface area contributed by atoms with Gasteiger partial charge < -0.3 is 9.94 Å². The minimum atomic E-state index is -0.378. The quantitative estimate of drug-likeness (QED) is 0.671. The molecule has 0 fully saturated rings. The van der Waals surface area contributed by atoms with Crippen molar-refractivity contribution < 1.29 is 14.7 Å². The van der Waals surface area contributed by atoms with E-state index in [2.05, 4.69) is 10.1 Å². The summed E-state index contributed by atoms with van der Waals surface area (Å²) in [7, 11) is 0. The van der Waals surface area contributed by atoms with Crippen LogP contribution in [0.3, 0.4) is 0 Å². The predicted molar refractivity (Wildman–Crippen MR) is 80.2 cm³/mol. The summed E-state index contributed by atoms with van der Waals surface area (Å²) in [5, 5.41) is 12.7. The number of amides is 1. The number of aryl methyl sites for hydroxylation is 2. The number of anilines is 1. The van der Waals surface area contributed by atoms with Gasteiger partial charge in [0.25, 0.3) is 0 Å². The van der Waals surface area contributed by atoms with Crippen molar-refractivity contribution in [2.24, 2.45) is 5.16 Å². The number of aromatic nitrogens is 1. The molecule has 1 aromatic rings. The van der Waals surface area contributed by atoms with Crippen LogP contribution in [0.1, 0.15) is 43.6 Å². The van der Waals surface area contributed by atoms with Gasteiger partial charge in [-0.1, -0.05) is 12.1 Å². The summed E-state index contributed by atoms with van der Waals surface area (Å²) in [4.78, 5) is 18.4. The molecule has 114 valence electrons. The van der Waals surface area contributed by atoms with Gasteiger partial charge in [-0.05, 0) is 33.3 Å². The monoisotopic (exact) mass is 291 g/mol. The first kappa shape index (κ1) is 15.3. The molecule has 21 heavy (non-hydrogen) atoms. The van der Waals surface area contributed by atoms with Gasteiger partial charge in [-0.15, -0.1) is 0 Å². The van der Waals surface area contributed by atoms with Crippen LogP contribution in [-0.4, -0.2) is 34.6 Å². The van der Waals surface area contributed by atoms with Crippen molar-refractivity contribution in [3.63, 3.8) is 0 Å². The highest BCUT2D eigenvalue weighted by Gasteiger charge is 2.36. The molecule has 0 aromatic carbocycles. The van der Waals surface area contributed by atoms with Crippen molar-refractivity contribution >= 4 is 17.5 Å². The van der Waals surface area contributed by atoms with Gasteiger partial charge in [0.05, 0.1) is 23.7 Å². The molecule has 1 amide bonds. The molecule has 1 aliphatic rings. The van der Waals surface area contributed by atoms with Crippen LogP contribution < -0.4 is 4.90 Å². The number of hydrogen-bond acceptors (Lipinski definition) is 5. The zero-order valence-corrected chi connectivity index (χ0v) is 12.9. The molecular weight excluding hydrogens is 270 g/mol. The topological polar surface area (TPSA) is 75.0 Å². The van der Waals surface area contributed by atoms with Gasteiger partial charge in [0.2, 0.25) is 0 Å². The van der Waals surface area contributed by atoms with Gasteiger partial charge in [-0.2, -0.15) is 0 Å². The molecule has 0 spiro atoms. The summed E-state index contributed by atoms with van der Waals surface area (Å²) in [5.41, 5.74) is 3.58. The third-order valence-electron chi connectivity index (χ3n) is 3.70. The van der Waals surface area contributed by atoms with Crippen LogP contribution in [0.15, 0.2) is 11.2 Å². The first-order chi connectivity index (χ1) is 10.0. The Morgan fingerprint density at radius 1 is 1.52 bits per heavy atom. The lowest BCUT2D eigenvalue weighted by Crippen LogP contribution is -2.46. The fourth-order valence-corrected chi connectivity index (χ4v) is 2.81. The lowest BCUT2D eigenvalue weighted by Gasteiger charge is -2.36. The maximum Gasteiger partial charge on any atom is 0.414 e. The fraction of sp³-hybridized carbons (Fsp3) is 0.533. The molecule has 0 radical (unpaired) electrons. The first-order valence-corrected chi connectivity index (χ1v) is 7.18. The smallest absolute Gasteiger partial charge is 0.414 e. The second-order valence-corrected chi connectivity index (χ2v) is 5.13. The molecule has 2 heterocycles. The molecule has 1 aliphatic heterocycles. The van der Waals surface area contributed by atoms with Crippen LogP contribution in [0.5, 0.6) is 0 Å². The van der Waals surface area contributed by atoms with E-state index < -0.39 is 0 Å². The first-order valence-electron chi connectivity index (χ1n) is 7.18. The number of rotatable bonds is 2. The van der Waals surface area contributed by atoms with Gasteiger partial charge >= 0.3 is 6.09 Å². The Kier molecular flexibility index (Phi) is 4.45. The number of carbonyl (C=O) groups is 1. The van der Waals surface area contributed by atoms with Crippen molar-refractivity contribution in [1.29, 1.82) is 0 Å². The Balaban J connectivity index is 2.63. The molecule has 2 rings (SSSR count). The Morgan fingerprint density at radius 3 is 2.81 bits per heavy atom. The maximum absolute atomic E-state index is 12.3. The number of hydrogen-bond donors (Lipinski definition) is 1. The number of ether oxygens (including phenoxy) is 1. The molecule has 0 aliphatic carbocycles. The average Bonchev–Trinajstić information content (AvgIpc) is 2.45. The SMILES string of the molecule is CCOC(=O)N1c2c(cc(C)nc2C)C(=NO)CC1CC. The largest absolute Gasteiger partial charge is 0.449 e. The maximum atomic E-state index is 12.3. The molecule has 0 bridgehead atoms. The average molecular weight is 291 g/mol. The van der Waals surface area contributed by atoms with E-state index in [9.17, 15) is 10.0 Å². The molecule has 1 aromatic heterocycles. The van der Waals surface area contributed by atoms with Gasteiger partial charge in [0.15, 0.2) is 0 Å². The zero-order chi connectivity index (χ0) is 15.6. The van der Waals surface area contributed by atoms with E-state index in [1.807, 2.05) is 26.8 Å². The molecule has 1 unspecified atom stereocenters. The molecule has 1 N–H and O–H groups in total. The second kappa shape index (κ2) is 6.11. The Labute approximate surface area is 124 Å². The van der Waals surface area contributed by atoms with Crippen LogP contribution in [0.2, 0.25) is 0 Å². The normalized spacial score (nSPS) is 19.5. The van der Waals surface area contributed by atoms with Crippen LogP contribution in [0.25, 0.3) is 0 Å². The lowest BCUT2D eigenvalue weighted by atomic mass is 9.92. The molecule has 0 saturated carbocycles. The van der Waals surface area contributed by atoms with Crippen LogP contribution >= 0.6 is 0 Å². The summed E-state index contributed by atoms with van der Waals surface area (Å²) < 4.78 is 5.18. The summed E-state index contributed by atoms with van der Waals surface area (Å²) in [5.74, 6) is 0. The van der Waals surface area contributed by atoms with Crippen LogP contribution in [-0.2, 0) is 4.74 Å². The van der Waals surface area contributed by atoms with E-state index in [0.717, 1.165) is 23.4 Å². The third kappa shape index (κ3) is 2.70. The number of carbonyl (C=O) groups excluding carboxylic acids is 1. The summed E-state index contributed by atoms with van der Waals surface area (Å²) in [6.07, 6.45) is 0.864. The summed E-state index contributed by atoms with van der Waals surface area (Å²) in [6.45, 7) is 7.83. The van der Waals surface area contributed by atoms with Gasteiger partial charge in [-0.3, -0.25) is 9.88 Å². The Morgan fingerprint density at radius 2 is 2.24 bits per heavy atom. The highest BCUT2D eigenvalue weighted by molar-refractivity contribution is 6.11. The number of oxime groups is 1. The van der Waals surface area contributed by atoms with Crippen molar-refractivity contribution in [2.75, 3.05) is 11.5 Å².